The first-order valence-corrected chi connectivity index (χ1v) is 9.58. The topological polar surface area (TPSA) is 62.3 Å². The van der Waals surface area contributed by atoms with Crippen molar-refractivity contribution in [3.63, 3.8) is 0 Å². The van der Waals surface area contributed by atoms with Crippen molar-refractivity contribution in [2.75, 3.05) is 14.1 Å². The quantitative estimate of drug-likeness (QED) is 0.692. The van der Waals surface area contributed by atoms with E-state index in [1.165, 1.54) is 28.4 Å². The van der Waals surface area contributed by atoms with Gasteiger partial charge in [-0.05, 0) is 29.8 Å². The number of thiazole rings is 1. The average molecular weight is 397 g/mol. The number of hydrogen-bond acceptors (Lipinski definition) is 4. The molecule has 0 radical (unpaired) electrons. The van der Waals surface area contributed by atoms with E-state index in [4.69, 9.17) is 0 Å². The molecule has 0 saturated heterocycles. The highest BCUT2D eigenvalue weighted by Gasteiger charge is 2.10. The maximum Gasteiger partial charge on any atom is 0.253 e. The summed E-state index contributed by atoms with van der Waals surface area (Å²) in [6.45, 7) is 0.371. The molecule has 0 unspecified atom stereocenters. The summed E-state index contributed by atoms with van der Waals surface area (Å²) < 4.78 is 13.3. The van der Waals surface area contributed by atoms with Crippen LogP contribution in [0.5, 0.6) is 0 Å². The maximum atomic E-state index is 13.3. The molecule has 2 aromatic carbocycles. The molecule has 0 fully saturated rings. The van der Waals surface area contributed by atoms with Crippen molar-refractivity contribution in [2.24, 2.45) is 0 Å². The Morgan fingerprint density at radius 1 is 1.14 bits per heavy atom. The van der Waals surface area contributed by atoms with Crippen LogP contribution < -0.4 is 5.32 Å². The molecule has 3 rings (SSSR count). The van der Waals surface area contributed by atoms with Crippen molar-refractivity contribution in [2.45, 2.75) is 13.0 Å². The third-order valence-electron chi connectivity index (χ3n) is 4.06. The van der Waals surface area contributed by atoms with Gasteiger partial charge in [0, 0.05) is 37.1 Å². The highest BCUT2D eigenvalue weighted by Crippen LogP contribution is 2.24. The normalized spacial score (nSPS) is 10.5. The van der Waals surface area contributed by atoms with Crippen molar-refractivity contribution in [3.8, 4) is 10.6 Å². The second kappa shape index (κ2) is 8.75. The van der Waals surface area contributed by atoms with E-state index in [0.29, 0.717) is 28.4 Å². The molecular weight excluding hydrogens is 377 g/mol. The molecular formula is C21H20FN3O2S. The number of amides is 2. The van der Waals surface area contributed by atoms with Crippen LogP contribution in [0.4, 0.5) is 4.39 Å². The van der Waals surface area contributed by atoms with E-state index in [1.54, 1.807) is 38.4 Å². The van der Waals surface area contributed by atoms with Gasteiger partial charge < -0.3 is 10.2 Å². The fourth-order valence-electron chi connectivity index (χ4n) is 2.59. The largest absolute Gasteiger partial charge is 0.352 e. The van der Waals surface area contributed by atoms with Crippen LogP contribution in [0.1, 0.15) is 21.6 Å². The summed E-state index contributed by atoms with van der Waals surface area (Å²) in [5, 5.41) is 5.34. The first-order valence-electron chi connectivity index (χ1n) is 8.70. The Morgan fingerprint density at radius 2 is 1.89 bits per heavy atom. The molecule has 0 aliphatic carbocycles. The minimum Gasteiger partial charge on any atom is -0.352 e. The van der Waals surface area contributed by atoms with Crippen molar-refractivity contribution < 1.29 is 14.0 Å². The summed E-state index contributed by atoms with van der Waals surface area (Å²) in [5.74, 6) is -0.525. The molecule has 1 heterocycles. The second-order valence-corrected chi connectivity index (χ2v) is 7.36. The van der Waals surface area contributed by atoms with Crippen LogP contribution in [-0.2, 0) is 17.8 Å². The van der Waals surface area contributed by atoms with Gasteiger partial charge in [-0.25, -0.2) is 9.37 Å². The predicted molar refractivity (Wildman–Crippen MR) is 108 cm³/mol. The average Bonchev–Trinajstić information content (AvgIpc) is 3.14. The molecule has 0 spiro atoms. The summed E-state index contributed by atoms with van der Waals surface area (Å²) in [4.78, 5) is 30.0. The molecule has 0 bridgehead atoms. The number of hydrogen-bond donors (Lipinski definition) is 1. The van der Waals surface area contributed by atoms with Crippen molar-refractivity contribution in [3.05, 3.63) is 76.5 Å². The summed E-state index contributed by atoms with van der Waals surface area (Å²) in [6.07, 6.45) is 0.156. The Hall–Kier alpha value is -3.06. The molecule has 7 heteroatoms. The third-order valence-corrected chi connectivity index (χ3v) is 5.00. The molecule has 0 saturated carbocycles. The molecule has 0 aliphatic heterocycles. The zero-order valence-corrected chi connectivity index (χ0v) is 16.4. The lowest BCUT2D eigenvalue weighted by atomic mass is 10.1. The third kappa shape index (κ3) is 5.01. The molecule has 1 N–H and O–H groups in total. The van der Waals surface area contributed by atoms with Crippen molar-refractivity contribution >= 4 is 23.2 Å². The fraction of sp³-hybridized carbons (Fsp3) is 0.190. The molecule has 144 valence electrons. The lowest BCUT2D eigenvalue weighted by molar-refractivity contribution is -0.120. The number of nitrogens with one attached hydrogen (secondary N) is 1. The van der Waals surface area contributed by atoms with Crippen molar-refractivity contribution in [1.29, 1.82) is 0 Å². The highest BCUT2D eigenvalue weighted by atomic mass is 32.1. The zero-order valence-electron chi connectivity index (χ0n) is 15.6. The van der Waals surface area contributed by atoms with Gasteiger partial charge in [0.15, 0.2) is 0 Å². The van der Waals surface area contributed by atoms with E-state index >= 15 is 0 Å². The fourth-order valence-corrected chi connectivity index (χ4v) is 3.41. The van der Waals surface area contributed by atoms with Crippen LogP contribution in [-0.4, -0.2) is 35.8 Å². The molecule has 3 aromatic rings. The Kier molecular flexibility index (Phi) is 6.16. The van der Waals surface area contributed by atoms with E-state index < -0.39 is 0 Å². The van der Waals surface area contributed by atoms with Crippen LogP contribution in [0.2, 0.25) is 0 Å². The van der Waals surface area contributed by atoms with E-state index in [2.05, 4.69) is 10.3 Å². The summed E-state index contributed by atoms with van der Waals surface area (Å²) >= 11 is 1.38. The zero-order chi connectivity index (χ0) is 20.1. The van der Waals surface area contributed by atoms with Gasteiger partial charge >= 0.3 is 0 Å². The lowest BCUT2D eigenvalue weighted by Crippen LogP contribution is -2.25. The Morgan fingerprint density at radius 3 is 2.57 bits per heavy atom. The van der Waals surface area contributed by atoms with Gasteiger partial charge in [0.1, 0.15) is 10.8 Å². The van der Waals surface area contributed by atoms with Gasteiger partial charge in [-0.1, -0.05) is 24.3 Å². The minimum atomic E-state index is -0.315. The van der Waals surface area contributed by atoms with Gasteiger partial charge in [-0.3, -0.25) is 9.59 Å². The number of rotatable bonds is 6. The highest BCUT2D eigenvalue weighted by molar-refractivity contribution is 7.13. The Labute approximate surface area is 166 Å². The van der Waals surface area contributed by atoms with Crippen LogP contribution in [0.3, 0.4) is 0 Å². The van der Waals surface area contributed by atoms with Gasteiger partial charge in [-0.2, -0.15) is 0 Å². The van der Waals surface area contributed by atoms with E-state index in [1.807, 2.05) is 17.5 Å². The van der Waals surface area contributed by atoms with Crippen LogP contribution in [0.25, 0.3) is 10.6 Å². The molecule has 2 amide bonds. The monoisotopic (exact) mass is 397 g/mol. The maximum absolute atomic E-state index is 13.3. The van der Waals surface area contributed by atoms with Gasteiger partial charge in [0.05, 0.1) is 12.1 Å². The smallest absolute Gasteiger partial charge is 0.253 e. The lowest BCUT2D eigenvalue weighted by Gasteiger charge is -2.10. The second-order valence-electron chi connectivity index (χ2n) is 6.50. The number of aromatic nitrogens is 1. The number of nitrogens with zero attached hydrogens (tertiary/aromatic N) is 2. The first kappa shape index (κ1) is 19.7. The standard InChI is InChI=1S/C21H20FN3O2S/c1-25(2)21(27)15-8-6-14(7-9-15)12-23-19(26)11-18-13-28-20(24-18)16-4-3-5-17(22)10-16/h3-10,13H,11-12H2,1-2H3,(H,23,26). The van der Waals surface area contributed by atoms with E-state index in [-0.39, 0.29) is 24.1 Å². The van der Waals surface area contributed by atoms with E-state index in [0.717, 1.165) is 5.56 Å². The molecule has 0 atom stereocenters. The number of benzene rings is 2. The van der Waals surface area contributed by atoms with Gasteiger partial charge in [0.2, 0.25) is 5.91 Å². The first-order chi connectivity index (χ1) is 13.4. The predicted octanol–water partition coefficient (Wildman–Crippen LogP) is 3.51. The molecule has 5 nitrogen and oxygen atoms in total. The summed E-state index contributed by atoms with van der Waals surface area (Å²) in [7, 11) is 3.41. The molecule has 28 heavy (non-hydrogen) atoms. The van der Waals surface area contributed by atoms with Crippen molar-refractivity contribution in [1.82, 2.24) is 15.2 Å². The molecule has 0 aliphatic rings. The van der Waals surface area contributed by atoms with Crippen LogP contribution in [0, 0.1) is 5.82 Å². The van der Waals surface area contributed by atoms with Crippen LogP contribution in [0.15, 0.2) is 53.9 Å². The Balaban J connectivity index is 1.54. The van der Waals surface area contributed by atoms with Gasteiger partial charge in [0.25, 0.3) is 5.91 Å². The van der Waals surface area contributed by atoms with E-state index in [9.17, 15) is 14.0 Å². The minimum absolute atomic E-state index is 0.0618. The summed E-state index contributed by atoms with van der Waals surface area (Å²) in [5.41, 5.74) is 2.85. The van der Waals surface area contributed by atoms with Crippen LogP contribution >= 0.6 is 11.3 Å². The Bertz CT molecular complexity index is 983. The molecule has 1 aromatic heterocycles. The number of carbonyl (C=O) groups is 2. The SMILES string of the molecule is CN(C)C(=O)c1ccc(CNC(=O)Cc2csc(-c3cccc(F)c3)n2)cc1. The summed E-state index contributed by atoms with van der Waals surface area (Å²) in [6, 6.07) is 13.4. The van der Waals surface area contributed by atoms with Gasteiger partial charge in [-0.15, -0.1) is 11.3 Å². The number of carbonyl (C=O) groups excluding carboxylic acids is 2. The number of halogens is 1.